The molecular weight excluding hydrogens is 317 g/mol. The molecule has 2 rings (SSSR count). The zero-order chi connectivity index (χ0) is 15.5. The average Bonchev–Trinajstić information content (AvgIpc) is 2.47. The molecule has 0 saturated carbocycles. The van der Waals surface area contributed by atoms with Crippen molar-refractivity contribution >= 4 is 21.6 Å². The first-order valence-corrected chi connectivity index (χ1v) is 8.80. The summed E-state index contributed by atoms with van der Waals surface area (Å²) in [4.78, 5) is -0.283. The van der Waals surface area contributed by atoms with Crippen molar-refractivity contribution in [3.8, 4) is 0 Å². The van der Waals surface area contributed by atoms with E-state index in [1.807, 2.05) is 0 Å². The van der Waals surface area contributed by atoms with Crippen LogP contribution in [-0.4, -0.2) is 39.5 Å². The standard InChI is InChI=1S/C14H19ClFNO3S/c1-20-10-12-3-2-6-17(9-12)21(18,19)14-5-4-11(8-15)7-13(14)16/h4-5,7,12H,2-3,6,8-10H2,1H3. The van der Waals surface area contributed by atoms with Gasteiger partial charge in [0, 0.05) is 26.1 Å². The Morgan fingerprint density at radius 1 is 1.48 bits per heavy atom. The number of piperidine rings is 1. The highest BCUT2D eigenvalue weighted by Gasteiger charge is 2.32. The van der Waals surface area contributed by atoms with Crippen LogP contribution in [-0.2, 0) is 20.6 Å². The van der Waals surface area contributed by atoms with Crippen molar-refractivity contribution in [3.63, 3.8) is 0 Å². The Balaban J connectivity index is 2.25. The second-order valence-electron chi connectivity index (χ2n) is 5.23. The summed E-state index contributed by atoms with van der Waals surface area (Å²) in [7, 11) is -2.21. The minimum absolute atomic E-state index is 0.150. The van der Waals surface area contributed by atoms with Gasteiger partial charge in [0.05, 0.1) is 6.61 Å². The van der Waals surface area contributed by atoms with E-state index in [4.69, 9.17) is 16.3 Å². The van der Waals surface area contributed by atoms with Gasteiger partial charge < -0.3 is 4.74 Å². The van der Waals surface area contributed by atoms with Crippen molar-refractivity contribution in [1.29, 1.82) is 0 Å². The number of hydrogen-bond acceptors (Lipinski definition) is 3. The topological polar surface area (TPSA) is 46.6 Å². The third-order valence-corrected chi connectivity index (χ3v) is 5.86. The van der Waals surface area contributed by atoms with Crippen LogP contribution < -0.4 is 0 Å². The summed E-state index contributed by atoms with van der Waals surface area (Å²) in [5.74, 6) is -0.442. The Labute approximate surface area is 129 Å². The van der Waals surface area contributed by atoms with E-state index in [0.29, 0.717) is 25.3 Å². The first-order chi connectivity index (χ1) is 9.98. The molecule has 0 aromatic heterocycles. The Hall–Kier alpha value is -0.690. The lowest BCUT2D eigenvalue weighted by atomic mass is 10.0. The van der Waals surface area contributed by atoms with Gasteiger partial charge in [-0.1, -0.05) is 6.07 Å². The molecular formula is C14H19ClFNO3S. The quantitative estimate of drug-likeness (QED) is 0.777. The second-order valence-corrected chi connectivity index (χ2v) is 7.40. The summed E-state index contributed by atoms with van der Waals surface area (Å²) in [6, 6.07) is 4.01. The molecule has 1 aliphatic rings. The molecule has 0 spiro atoms. The Bertz CT molecular complexity index is 592. The number of nitrogens with zero attached hydrogens (tertiary/aromatic N) is 1. The lowest BCUT2D eigenvalue weighted by Crippen LogP contribution is -2.41. The third-order valence-electron chi connectivity index (χ3n) is 3.65. The Morgan fingerprint density at radius 3 is 2.86 bits per heavy atom. The van der Waals surface area contributed by atoms with E-state index < -0.39 is 15.8 Å². The highest BCUT2D eigenvalue weighted by atomic mass is 35.5. The number of halogens is 2. The van der Waals surface area contributed by atoms with E-state index in [0.717, 1.165) is 12.8 Å². The van der Waals surface area contributed by atoms with Crippen molar-refractivity contribution in [3.05, 3.63) is 29.6 Å². The SMILES string of the molecule is COCC1CCCN(S(=O)(=O)c2ccc(CCl)cc2F)C1. The van der Waals surface area contributed by atoms with Crippen molar-refractivity contribution in [1.82, 2.24) is 4.31 Å². The molecule has 1 atom stereocenters. The van der Waals surface area contributed by atoms with Gasteiger partial charge in [-0.15, -0.1) is 11.6 Å². The first kappa shape index (κ1) is 16.7. The number of alkyl halides is 1. The van der Waals surface area contributed by atoms with E-state index in [1.54, 1.807) is 13.2 Å². The van der Waals surface area contributed by atoms with Crippen molar-refractivity contribution in [2.75, 3.05) is 26.8 Å². The molecule has 1 aromatic rings. The van der Waals surface area contributed by atoms with Crippen LogP contribution in [0.5, 0.6) is 0 Å². The van der Waals surface area contributed by atoms with Gasteiger partial charge in [0.1, 0.15) is 10.7 Å². The highest BCUT2D eigenvalue weighted by Crippen LogP contribution is 2.26. The fourth-order valence-electron chi connectivity index (χ4n) is 2.59. The maximum Gasteiger partial charge on any atom is 0.245 e. The fourth-order valence-corrected chi connectivity index (χ4v) is 4.36. The monoisotopic (exact) mass is 335 g/mol. The number of hydrogen-bond donors (Lipinski definition) is 0. The van der Waals surface area contributed by atoms with Crippen molar-refractivity contribution in [2.45, 2.75) is 23.6 Å². The maximum atomic E-state index is 14.0. The zero-order valence-corrected chi connectivity index (χ0v) is 13.5. The van der Waals surface area contributed by atoms with E-state index >= 15 is 0 Å². The maximum absolute atomic E-state index is 14.0. The molecule has 1 fully saturated rings. The van der Waals surface area contributed by atoms with Gasteiger partial charge in [-0.05, 0) is 36.5 Å². The van der Waals surface area contributed by atoms with E-state index in [2.05, 4.69) is 0 Å². The second kappa shape index (κ2) is 7.05. The van der Waals surface area contributed by atoms with Crippen LogP contribution in [0.1, 0.15) is 18.4 Å². The predicted molar refractivity (Wildman–Crippen MR) is 79.3 cm³/mol. The van der Waals surface area contributed by atoms with Gasteiger partial charge in [0.15, 0.2) is 0 Å². The number of sulfonamides is 1. The van der Waals surface area contributed by atoms with Gasteiger partial charge in [-0.25, -0.2) is 12.8 Å². The minimum atomic E-state index is -3.81. The number of rotatable bonds is 5. The minimum Gasteiger partial charge on any atom is -0.384 e. The first-order valence-electron chi connectivity index (χ1n) is 6.82. The molecule has 0 aliphatic carbocycles. The van der Waals surface area contributed by atoms with Gasteiger partial charge in [-0.3, -0.25) is 0 Å². The molecule has 0 radical (unpaired) electrons. The van der Waals surface area contributed by atoms with E-state index in [1.165, 1.54) is 16.4 Å². The van der Waals surface area contributed by atoms with Crippen LogP contribution in [0.3, 0.4) is 0 Å². The average molecular weight is 336 g/mol. The van der Waals surface area contributed by atoms with Crippen molar-refractivity contribution in [2.24, 2.45) is 5.92 Å². The summed E-state index contributed by atoms with van der Waals surface area (Å²) >= 11 is 5.63. The number of ether oxygens (including phenoxy) is 1. The molecule has 1 aromatic carbocycles. The fraction of sp³-hybridized carbons (Fsp3) is 0.571. The van der Waals surface area contributed by atoms with Crippen LogP contribution in [0.2, 0.25) is 0 Å². The normalized spacial score (nSPS) is 20.6. The Kier molecular flexibility index (Phi) is 5.60. The molecule has 0 N–H and O–H groups in total. The van der Waals surface area contributed by atoms with Crippen LogP contribution in [0.4, 0.5) is 4.39 Å². The zero-order valence-electron chi connectivity index (χ0n) is 11.9. The van der Waals surface area contributed by atoms with Crippen LogP contribution in [0.25, 0.3) is 0 Å². The molecule has 1 heterocycles. The lowest BCUT2D eigenvalue weighted by molar-refractivity contribution is 0.118. The smallest absolute Gasteiger partial charge is 0.245 e. The molecule has 0 amide bonds. The number of methoxy groups -OCH3 is 1. The molecule has 1 unspecified atom stereocenters. The molecule has 7 heteroatoms. The van der Waals surface area contributed by atoms with Gasteiger partial charge in [0.2, 0.25) is 10.0 Å². The van der Waals surface area contributed by atoms with Gasteiger partial charge in [0.25, 0.3) is 0 Å². The third kappa shape index (κ3) is 3.74. The van der Waals surface area contributed by atoms with Gasteiger partial charge >= 0.3 is 0 Å². The molecule has 118 valence electrons. The summed E-state index contributed by atoms with van der Waals surface area (Å²) in [5, 5.41) is 0. The molecule has 1 aliphatic heterocycles. The Morgan fingerprint density at radius 2 is 2.24 bits per heavy atom. The highest BCUT2D eigenvalue weighted by molar-refractivity contribution is 7.89. The lowest BCUT2D eigenvalue weighted by Gasteiger charge is -2.31. The summed E-state index contributed by atoms with van der Waals surface area (Å²) in [6.45, 7) is 1.30. The summed E-state index contributed by atoms with van der Waals surface area (Å²) in [6.07, 6.45) is 1.68. The number of benzene rings is 1. The van der Waals surface area contributed by atoms with Crippen LogP contribution in [0, 0.1) is 11.7 Å². The molecule has 0 bridgehead atoms. The predicted octanol–water partition coefficient (Wildman–Crippen LogP) is 2.61. The van der Waals surface area contributed by atoms with Gasteiger partial charge in [-0.2, -0.15) is 4.31 Å². The molecule has 4 nitrogen and oxygen atoms in total. The van der Waals surface area contributed by atoms with Crippen LogP contribution >= 0.6 is 11.6 Å². The summed E-state index contributed by atoms with van der Waals surface area (Å²) < 4.78 is 45.6. The molecule has 21 heavy (non-hydrogen) atoms. The van der Waals surface area contributed by atoms with E-state index in [-0.39, 0.29) is 16.7 Å². The molecule has 1 saturated heterocycles. The van der Waals surface area contributed by atoms with E-state index in [9.17, 15) is 12.8 Å². The van der Waals surface area contributed by atoms with Crippen molar-refractivity contribution < 1.29 is 17.5 Å². The largest absolute Gasteiger partial charge is 0.384 e. The van der Waals surface area contributed by atoms with Crippen LogP contribution in [0.15, 0.2) is 23.1 Å². The summed E-state index contributed by atoms with van der Waals surface area (Å²) in [5.41, 5.74) is 0.559.